The zero-order chi connectivity index (χ0) is 22.8. The minimum absolute atomic E-state index is 0.186. The normalized spacial score (nSPS) is 12.0. The number of hydrogen-bond donors (Lipinski definition) is 2. The van der Waals surface area contributed by atoms with E-state index in [4.69, 9.17) is 20.0 Å². The van der Waals surface area contributed by atoms with Crippen LogP contribution in [-0.2, 0) is 4.79 Å². The van der Waals surface area contributed by atoms with Crippen molar-refractivity contribution in [3.05, 3.63) is 102 Å². The average molecular weight is 428 g/mol. The van der Waals surface area contributed by atoms with Crippen LogP contribution in [0.4, 0.5) is 0 Å². The van der Waals surface area contributed by atoms with Crippen LogP contribution in [0.3, 0.4) is 0 Å². The summed E-state index contributed by atoms with van der Waals surface area (Å²) < 4.78 is 11.2. The number of carboxylic acid groups (broad SMARTS) is 1. The molecule has 0 spiro atoms. The van der Waals surface area contributed by atoms with Gasteiger partial charge in [0.25, 0.3) is 0 Å². The smallest absolute Gasteiger partial charge is 0.344 e. The number of hydrogen-bond acceptors (Lipinski definition) is 4. The van der Waals surface area contributed by atoms with E-state index in [1.54, 1.807) is 18.2 Å². The molecule has 0 amide bonds. The molecule has 0 aliphatic carbocycles. The van der Waals surface area contributed by atoms with Crippen LogP contribution in [0.5, 0.6) is 11.5 Å². The third-order valence-electron chi connectivity index (χ3n) is 4.58. The highest BCUT2D eigenvalue weighted by atomic mass is 16.5. The lowest BCUT2D eigenvalue weighted by Crippen LogP contribution is -2.23. The van der Waals surface area contributed by atoms with Crippen molar-refractivity contribution in [3.8, 4) is 11.5 Å². The van der Waals surface area contributed by atoms with Gasteiger partial charge in [-0.3, -0.25) is 0 Å². The number of carbonyl (C=O) groups is 1. The maximum atomic E-state index is 11.1. The van der Waals surface area contributed by atoms with Gasteiger partial charge in [-0.15, -0.1) is 0 Å². The van der Waals surface area contributed by atoms with Gasteiger partial charge < -0.3 is 20.0 Å². The van der Waals surface area contributed by atoms with Crippen LogP contribution in [0.15, 0.2) is 84.9 Å². The van der Waals surface area contributed by atoms with Crippen LogP contribution < -0.4 is 9.47 Å². The molecule has 0 aliphatic rings. The third kappa shape index (κ3) is 6.99. The number of ether oxygens (including phenoxy) is 2. The Hall–Kier alpha value is -4.12. The molecular formula is C27H25NO4. The highest BCUT2D eigenvalue weighted by Gasteiger charge is 2.13. The van der Waals surface area contributed by atoms with Gasteiger partial charge in [-0.05, 0) is 42.3 Å². The summed E-state index contributed by atoms with van der Waals surface area (Å²) in [5.74, 6) is 0.183. The van der Waals surface area contributed by atoms with Crippen LogP contribution in [0.2, 0.25) is 0 Å². The van der Waals surface area contributed by atoms with Gasteiger partial charge in [0.2, 0.25) is 0 Å². The summed E-state index contributed by atoms with van der Waals surface area (Å²) in [6.07, 6.45) is 6.49. The molecule has 0 heterocycles. The van der Waals surface area contributed by atoms with E-state index in [2.05, 4.69) is 0 Å². The molecule has 0 aliphatic heterocycles. The van der Waals surface area contributed by atoms with Gasteiger partial charge in [-0.1, -0.05) is 78.9 Å². The van der Waals surface area contributed by atoms with E-state index in [9.17, 15) is 4.79 Å². The first-order valence-corrected chi connectivity index (χ1v) is 10.2. The van der Waals surface area contributed by atoms with Gasteiger partial charge in [-0.25, -0.2) is 4.79 Å². The molecule has 1 atom stereocenters. The van der Waals surface area contributed by atoms with E-state index >= 15 is 0 Å². The molecule has 3 aromatic rings. The van der Waals surface area contributed by atoms with Crippen LogP contribution in [0, 0.1) is 5.41 Å². The van der Waals surface area contributed by atoms with Gasteiger partial charge in [-0.2, -0.15) is 0 Å². The zero-order valence-electron chi connectivity index (χ0n) is 17.8. The lowest BCUT2D eigenvalue weighted by atomic mass is 10.1. The Morgan fingerprint density at radius 3 is 2.28 bits per heavy atom. The maximum absolute atomic E-state index is 11.1. The van der Waals surface area contributed by atoms with E-state index in [1.165, 1.54) is 6.92 Å². The van der Waals surface area contributed by atoms with E-state index in [0.717, 1.165) is 16.7 Å². The van der Waals surface area contributed by atoms with Crippen molar-refractivity contribution in [2.24, 2.45) is 0 Å². The third-order valence-corrected chi connectivity index (χ3v) is 4.58. The Labute approximate surface area is 187 Å². The van der Waals surface area contributed by atoms with Crippen molar-refractivity contribution < 1.29 is 19.4 Å². The summed E-state index contributed by atoms with van der Waals surface area (Å²) in [6, 6.07) is 24.7. The second-order valence-electron chi connectivity index (χ2n) is 7.10. The largest absolute Gasteiger partial charge is 0.487 e. The molecule has 5 heteroatoms. The fourth-order valence-corrected chi connectivity index (χ4v) is 2.80. The Balaban J connectivity index is 1.56. The minimum Gasteiger partial charge on any atom is -0.487 e. The summed E-state index contributed by atoms with van der Waals surface area (Å²) in [6.45, 7) is 1.68. The predicted molar refractivity (Wildman–Crippen MR) is 128 cm³/mol. The van der Waals surface area contributed by atoms with Crippen LogP contribution in [-0.4, -0.2) is 29.5 Å². The van der Waals surface area contributed by atoms with Gasteiger partial charge in [0, 0.05) is 5.56 Å². The molecule has 5 nitrogen and oxygen atoms in total. The molecule has 0 bridgehead atoms. The van der Waals surface area contributed by atoms with E-state index in [0.29, 0.717) is 17.2 Å². The molecule has 0 saturated carbocycles. The average Bonchev–Trinajstić information content (AvgIpc) is 2.82. The van der Waals surface area contributed by atoms with Gasteiger partial charge in [0.05, 0.1) is 5.71 Å². The summed E-state index contributed by atoms with van der Waals surface area (Å²) in [5, 5.41) is 17.1. The maximum Gasteiger partial charge on any atom is 0.344 e. The number of para-hydroxylation sites is 1. The SMILES string of the molecule is CC(Oc1ccccc1/C=C/c1ccc(OCC(=N)/C=C\c2ccccc2)cc1)C(=O)O. The van der Waals surface area contributed by atoms with Gasteiger partial charge >= 0.3 is 5.97 Å². The summed E-state index contributed by atoms with van der Waals surface area (Å²) in [4.78, 5) is 11.1. The van der Waals surface area contributed by atoms with Crippen molar-refractivity contribution in [2.45, 2.75) is 13.0 Å². The number of nitrogens with one attached hydrogen (secondary N) is 1. The topological polar surface area (TPSA) is 79.6 Å². The van der Waals surface area contributed by atoms with E-state index < -0.39 is 12.1 Å². The number of rotatable bonds is 10. The molecule has 0 aromatic heterocycles. The number of carboxylic acids is 1. The molecule has 0 saturated heterocycles. The molecular weight excluding hydrogens is 402 g/mol. The Morgan fingerprint density at radius 1 is 0.906 bits per heavy atom. The predicted octanol–water partition coefficient (Wildman–Crippen LogP) is 5.82. The van der Waals surface area contributed by atoms with Gasteiger partial charge in [0.15, 0.2) is 6.10 Å². The van der Waals surface area contributed by atoms with Crippen molar-refractivity contribution in [2.75, 3.05) is 6.61 Å². The monoisotopic (exact) mass is 427 g/mol. The van der Waals surface area contributed by atoms with Gasteiger partial charge in [0.1, 0.15) is 18.1 Å². The van der Waals surface area contributed by atoms with Crippen molar-refractivity contribution in [1.29, 1.82) is 5.41 Å². The van der Waals surface area contributed by atoms with Crippen LogP contribution >= 0.6 is 0 Å². The lowest BCUT2D eigenvalue weighted by Gasteiger charge is -2.12. The van der Waals surface area contributed by atoms with Crippen molar-refractivity contribution in [1.82, 2.24) is 0 Å². The summed E-state index contributed by atoms with van der Waals surface area (Å²) in [7, 11) is 0. The Morgan fingerprint density at radius 2 is 1.56 bits per heavy atom. The molecule has 0 fully saturated rings. The molecule has 2 N–H and O–H groups in total. The lowest BCUT2D eigenvalue weighted by molar-refractivity contribution is -0.144. The fraction of sp³-hybridized carbons (Fsp3) is 0.111. The minimum atomic E-state index is -1.01. The molecule has 32 heavy (non-hydrogen) atoms. The van der Waals surface area contributed by atoms with Crippen LogP contribution in [0.1, 0.15) is 23.6 Å². The number of aliphatic carboxylic acids is 1. The van der Waals surface area contributed by atoms with Crippen molar-refractivity contribution >= 4 is 29.9 Å². The Bertz CT molecular complexity index is 1100. The molecule has 162 valence electrons. The van der Waals surface area contributed by atoms with Crippen molar-refractivity contribution in [3.63, 3.8) is 0 Å². The fourth-order valence-electron chi connectivity index (χ4n) is 2.80. The standard InChI is InChI=1S/C27H25NO4/c1-20(27(29)30)32-26-10-6-5-9-23(26)15-11-22-13-17-25(18-14-22)31-19-24(28)16-12-21-7-3-2-4-8-21/h2-18,20,28H,19H2,1H3,(H,29,30)/b15-11+,16-12-,28-24?. The van der Waals surface area contributed by atoms with E-state index in [1.807, 2.05) is 85.0 Å². The summed E-state index contributed by atoms with van der Waals surface area (Å²) in [5.41, 5.74) is 3.17. The molecule has 3 aromatic carbocycles. The quantitative estimate of drug-likeness (QED) is 0.316. The Kier molecular flexibility index (Phi) is 7.98. The second kappa shape index (κ2) is 11.3. The van der Waals surface area contributed by atoms with E-state index in [-0.39, 0.29) is 6.61 Å². The first-order chi connectivity index (χ1) is 15.5. The molecule has 0 radical (unpaired) electrons. The second-order valence-corrected chi connectivity index (χ2v) is 7.10. The first kappa shape index (κ1) is 22.6. The number of benzene rings is 3. The first-order valence-electron chi connectivity index (χ1n) is 10.2. The molecule has 3 rings (SSSR count). The zero-order valence-corrected chi connectivity index (χ0v) is 17.8. The molecule has 1 unspecified atom stereocenters. The summed E-state index contributed by atoms with van der Waals surface area (Å²) >= 11 is 0. The van der Waals surface area contributed by atoms with Crippen LogP contribution in [0.25, 0.3) is 18.2 Å². The highest BCUT2D eigenvalue weighted by molar-refractivity contribution is 5.97. The highest BCUT2D eigenvalue weighted by Crippen LogP contribution is 2.22.